The average Bonchev–Trinajstić information content (AvgIpc) is 2.52. The fourth-order valence-electron chi connectivity index (χ4n) is 2.79. The van der Waals surface area contributed by atoms with Crippen molar-refractivity contribution < 1.29 is 19.1 Å². The Morgan fingerprint density at radius 3 is 2.64 bits per heavy atom. The standard InChI is InChI=1S/C20H27NO4/c1-6-24-18(22)12-14(2)15-9-10-17-16(13-15)8-7-11-21(17)19(23)25-20(3,4)5/h9-10,12-13H,6-8,11H2,1-5H3/b14-12-. The summed E-state index contributed by atoms with van der Waals surface area (Å²) in [5.41, 5.74) is 3.25. The number of hydrogen-bond donors (Lipinski definition) is 0. The van der Waals surface area contributed by atoms with Gasteiger partial charge in [0.25, 0.3) is 0 Å². The van der Waals surface area contributed by atoms with Gasteiger partial charge in [-0.15, -0.1) is 0 Å². The second-order valence-electron chi connectivity index (χ2n) is 7.16. The first-order chi connectivity index (χ1) is 11.7. The molecule has 2 rings (SSSR count). The normalized spacial score (nSPS) is 14.8. The summed E-state index contributed by atoms with van der Waals surface area (Å²) in [6.07, 6.45) is 2.96. The van der Waals surface area contributed by atoms with Crippen LogP contribution in [0.3, 0.4) is 0 Å². The molecule has 0 N–H and O–H groups in total. The molecule has 1 heterocycles. The molecule has 5 nitrogen and oxygen atoms in total. The molecule has 25 heavy (non-hydrogen) atoms. The Hall–Kier alpha value is -2.30. The molecular weight excluding hydrogens is 318 g/mol. The predicted molar refractivity (Wildman–Crippen MR) is 98.6 cm³/mol. The SMILES string of the molecule is CCOC(=O)/C=C(/C)c1ccc2c(c1)CCCN2C(=O)OC(C)(C)C. The van der Waals surface area contributed by atoms with Gasteiger partial charge in [-0.3, -0.25) is 4.90 Å². The summed E-state index contributed by atoms with van der Waals surface area (Å²) in [6.45, 7) is 10.3. The highest BCUT2D eigenvalue weighted by molar-refractivity contribution is 5.92. The number of aryl methyl sites for hydroxylation is 1. The number of carbonyl (C=O) groups excluding carboxylic acids is 2. The van der Waals surface area contributed by atoms with Gasteiger partial charge in [0.2, 0.25) is 0 Å². The van der Waals surface area contributed by atoms with Crippen LogP contribution < -0.4 is 4.90 Å². The molecule has 136 valence electrons. The van der Waals surface area contributed by atoms with Crippen molar-refractivity contribution in [2.45, 2.75) is 53.1 Å². The molecule has 0 radical (unpaired) electrons. The lowest BCUT2D eigenvalue weighted by Gasteiger charge is -2.32. The maximum absolute atomic E-state index is 12.4. The first kappa shape index (κ1) is 19.0. The lowest BCUT2D eigenvalue weighted by Crippen LogP contribution is -2.39. The number of carbonyl (C=O) groups is 2. The molecule has 1 aliphatic heterocycles. The number of benzene rings is 1. The third-order valence-electron chi connectivity index (χ3n) is 3.89. The van der Waals surface area contributed by atoms with Gasteiger partial charge < -0.3 is 9.47 Å². The minimum absolute atomic E-state index is 0.319. The maximum atomic E-state index is 12.4. The van der Waals surface area contributed by atoms with Crippen molar-refractivity contribution in [3.05, 3.63) is 35.4 Å². The number of esters is 1. The molecule has 1 aromatic rings. The third-order valence-corrected chi connectivity index (χ3v) is 3.89. The Kier molecular flexibility index (Phi) is 5.88. The van der Waals surface area contributed by atoms with Gasteiger partial charge in [-0.25, -0.2) is 9.59 Å². The van der Waals surface area contributed by atoms with Crippen molar-refractivity contribution in [2.24, 2.45) is 0 Å². The minimum Gasteiger partial charge on any atom is -0.463 e. The summed E-state index contributed by atoms with van der Waals surface area (Å²) in [7, 11) is 0. The van der Waals surface area contributed by atoms with Gasteiger partial charge in [-0.2, -0.15) is 0 Å². The fourth-order valence-corrected chi connectivity index (χ4v) is 2.79. The summed E-state index contributed by atoms with van der Waals surface area (Å²) in [5.74, 6) is -0.340. The highest BCUT2D eigenvalue weighted by Crippen LogP contribution is 2.31. The number of anilines is 1. The van der Waals surface area contributed by atoms with Crippen LogP contribution in [0.5, 0.6) is 0 Å². The van der Waals surface area contributed by atoms with E-state index in [9.17, 15) is 9.59 Å². The molecule has 1 aliphatic rings. The Balaban J connectivity index is 2.25. The van der Waals surface area contributed by atoms with Crippen LogP contribution in [0.1, 0.15) is 52.2 Å². The fraction of sp³-hybridized carbons (Fsp3) is 0.500. The van der Waals surface area contributed by atoms with Crippen LogP contribution in [-0.4, -0.2) is 30.8 Å². The van der Waals surface area contributed by atoms with Crippen molar-refractivity contribution in [3.8, 4) is 0 Å². The third kappa shape index (κ3) is 5.08. The van der Waals surface area contributed by atoms with Crippen LogP contribution in [0.2, 0.25) is 0 Å². The van der Waals surface area contributed by atoms with Crippen molar-refractivity contribution in [2.75, 3.05) is 18.1 Å². The number of hydrogen-bond acceptors (Lipinski definition) is 4. The number of fused-ring (bicyclic) bond motifs is 1. The zero-order valence-electron chi connectivity index (χ0n) is 15.7. The van der Waals surface area contributed by atoms with Gasteiger partial charge in [0, 0.05) is 12.6 Å². The topological polar surface area (TPSA) is 55.8 Å². The Morgan fingerprint density at radius 1 is 1.28 bits per heavy atom. The van der Waals surface area contributed by atoms with E-state index in [2.05, 4.69) is 0 Å². The number of allylic oxidation sites excluding steroid dienone is 1. The zero-order chi connectivity index (χ0) is 18.6. The second kappa shape index (κ2) is 7.72. The Bertz CT molecular complexity index is 685. The lowest BCUT2D eigenvalue weighted by atomic mass is 9.96. The van der Waals surface area contributed by atoms with Crippen molar-refractivity contribution in [1.29, 1.82) is 0 Å². The molecule has 1 aromatic carbocycles. The Labute approximate surface area is 149 Å². The van der Waals surface area contributed by atoms with E-state index < -0.39 is 5.60 Å². The van der Waals surface area contributed by atoms with Crippen molar-refractivity contribution in [1.82, 2.24) is 0 Å². The number of amides is 1. The van der Waals surface area contributed by atoms with E-state index in [1.54, 1.807) is 11.8 Å². The number of nitrogens with zero attached hydrogens (tertiary/aromatic N) is 1. The van der Waals surface area contributed by atoms with E-state index in [4.69, 9.17) is 9.47 Å². The summed E-state index contributed by atoms with van der Waals surface area (Å²) in [5, 5.41) is 0. The molecule has 0 atom stereocenters. The van der Waals surface area contributed by atoms with Gasteiger partial charge in [-0.1, -0.05) is 6.07 Å². The van der Waals surface area contributed by atoms with E-state index in [-0.39, 0.29) is 12.1 Å². The summed E-state index contributed by atoms with van der Waals surface area (Å²) in [6, 6.07) is 5.89. The predicted octanol–water partition coefficient (Wildman–Crippen LogP) is 4.34. The molecular formula is C20H27NO4. The molecule has 0 aliphatic carbocycles. The molecule has 0 fully saturated rings. The van der Waals surface area contributed by atoms with Gasteiger partial charge >= 0.3 is 12.1 Å². The summed E-state index contributed by atoms with van der Waals surface area (Å²) >= 11 is 0. The number of ether oxygens (including phenoxy) is 2. The molecule has 0 aromatic heterocycles. The van der Waals surface area contributed by atoms with E-state index in [0.29, 0.717) is 13.2 Å². The maximum Gasteiger partial charge on any atom is 0.414 e. The summed E-state index contributed by atoms with van der Waals surface area (Å²) in [4.78, 5) is 25.8. The lowest BCUT2D eigenvalue weighted by molar-refractivity contribution is -0.137. The molecule has 1 amide bonds. The smallest absolute Gasteiger partial charge is 0.414 e. The second-order valence-corrected chi connectivity index (χ2v) is 7.16. The van der Waals surface area contributed by atoms with Gasteiger partial charge in [-0.05, 0) is 76.3 Å². The quantitative estimate of drug-likeness (QED) is 0.604. The van der Waals surface area contributed by atoms with Gasteiger partial charge in [0.15, 0.2) is 0 Å². The molecule has 0 unspecified atom stereocenters. The highest BCUT2D eigenvalue weighted by Gasteiger charge is 2.27. The molecule has 0 bridgehead atoms. The molecule has 0 spiro atoms. The highest BCUT2D eigenvalue weighted by atomic mass is 16.6. The van der Waals surface area contributed by atoms with E-state index >= 15 is 0 Å². The monoisotopic (exact) mass is 345 g/mol. The minimum atomic E-state index is -0.520. The number of rotatable bonds is 3. The van der Waals surface area contributed by atoms with Crippen LogP contribution in [0, 0.1) is 0 Å². The molecule has 0 saturated heterocycles. The van der Waals surface area contributed by atoms with Crippen molar-refractivity contribution >= 4 is 23.3 Å². The van der Waals surface area contributed by atoms with Gasteiger partial charge in [0.1, 0.15) is 5.60 Å². The van der Waals surface area contributed by atoms with Crippen LogP contribution >= 0.6 is 0 Å². The largest absolute Gasteiger partial charge is 0.463 e. The average molecular weight is 345 g/mol. The van der Waals surface area contributed by atoms with E-state index in [1.807, 2.05) is 45.9 Å². The molecule has 0 saturated carbocycles. The first-order valence-corrected chi connectivity index (χ1v) is 8.70. The van der Waals surface area contributed by atoms with Crippen LogP contribution in [0.15, 0.2) is 24.3 Å². The van der Waals surface area contributed by atoms with Gasteiger partial charge in [0.05, 0.1) is 12.3 Å². The summed E-state index contributed by atoms with van der Waals surface area (Å²) < 4.78 is 10.5. The van der Waals surface area contributed by atoms with Crippen molar-refractivity contribution in [3.63, 3.8) is 0 Å². The van der Waals surface area contributed by atoms with E-state index in [0.717, 1.165) is 35.2 Å². The van der Waals surface area contributed by atoms with Crippen LogP contribution in [0.4, 0.5) is 10.5 Å². The van der Waals surface area contributed by atoms with Crippen LogP contribution in [-0.2, 0) is 20.7 Å². The van der Waals surface area contributed by atoms with Crippen LogP contribution in [0.25, 0.3) is 5.57 Å². The Morgan fingerprint density at radius 2 is 2.00 bits per heavy atom. The first-order valence-electron chi connectivity index (χ1n) is 8.70. The zero-order valence-corrected chi connectivity index (χ0v) is 15.7. The van der Waals surface area contributed by atoms with E-state index in [1.165, 1.54) is 6.08 Å². The molecule has 5 heteroatoms.